The van der Waals surface area contributed by atoms with Crippen molar-refractivity contribution in [2.75, 3.05) is 26.5 Å². The van der Waals surface area contributed by atoms with Gasteiger partial charge in [0.05, 0.1) is 13.2 Å². The number of benzene rings is 2. The molecule has 0 aliphatic carbocycles. The first-order valence-electron chi connectivity index (χ1n) is 8.81. The van der Waals surface area contributed by atoms with Gasteiger partial charge in [-0.05, 0) is 50.1 Å². The number of amides is 2. The van der Waals surface area contributed by atoms with Crippen molar-refractivity contribution in [3.05, 3.63) is 54.1 Å². The normalized spacial score (nSPS) is 10.1. The van der Waals surface area contributed by atoms with E-state index < -0.39 is 0 Å². The van der Waals surface area contributed by atoms with E-state index in [1.165, 1.54) is 0 Å². The minimum Gasteiger partial charge on any atom is -0.490 e. The summed E-state index contributed by atoms with van der Waals surface area (Å²) < 4.78 is 16.6. The van der Waals surface area contributed by atoms with Gasteiger partial charge in [0.15, 0.2) is 18.2 Å². The second-order valence-electron chi connectivity index (χ2n) is 5.43. The fourth-order valence-electron chi connectivity index (χ4n) is 2.34. The van der Waals surface area contributed by atoms with Crippen LogP contribution in [0.3, 0.4) is 0 Å². The molecule has 0 aliphatic heterocycles. The lowest BCUT2D eigenvalue weighted by Crippen LogP contribution is -2.38. The fraction of sp³-hybridized carbons (Fsp3) is 0.350. The Morgan fingerprint density at radius 2 is 1.62 bits per heavy atom. The summed E-state index contributed by atoms with van der Waals surface area (Å²) in [5.74, 6) is 2.18. The molecule has 2 aromatic rings. The molecule has 0 heterocycles. The van der Waals surface area contributed by atoms with E-state index in [1.807, 2.05) is 62.4 Å². The zero-order chi connectivity index (χ0) is 18.6. The minimum absolute atomic E-state index is 0.118. The third kappa shape index (κ3) is 6.55. The Balaban J connectivity index is 1.72. The molecule has 0 bridgehead atoms. The summed E-state index contributed by atoms with van der Waals surface area (Å²) in [4.78, 5) is 11.8. The molecule has 0 unspecified atom stereocenters. The molecule has 0 spiro atoms. The molecule has 0 radical (unpaired) electrons. The molecule has 0 atom stereocenters. The third-order valence-corrected chi connectivity index (χ3v) is 3.52. The van der Waals surface area contributed by atoms with Gasteiger partial charge in [0.1, 0.15) is 5.75 Å². The zero-order valence-corrected chi connectivity index (χ0v) is 15.3. The van der Waals surface area contributed by atoms with E-state index in [2.05, 4.69) is 10.6 Å². The first-order chi connectivity index (χ1) is 12.7. The molecule has 0 saturated heterocycles. The summed E-state index contributed by atoms with van der Waals surface area (Å²) >= 11 is 0. The average Bonchev–Trinajstić information content (AvgIpc) is 2.65. The molecular weight excluding hydrogens is 332 g/mol. The molecule has 2 aromatic carbocycles. The Bertz CT molecular complexity index is 677. The van der Waals surface area contributed by atoms with Crippen molar-refractivity contribution in [2.45, 2.75) is 20.3 Å². The van der Waals surface area contributed by atoms with Crippen LogP contribution in [0.5, 0.6) is 17.2 Å². The quantitative estimate of drug-likeness (QED) is 0.639. The molecular formula is C20H26N2O4. The van der Waals surface area contributed by atoms with E-state index in [9.17, 15) is 4.79 Å². The second kappa shape index (κ2) is 10.9. The van der Waals surface area contributed by atoms with Crippen LogP contribution in [0.25, 0.3) is 0 Å². The molecule has 140 valence electrons. The average molecular weight is 358 g/mol. The van der Waals surface area contributed by atoms with Crippen molar-refractivity contribution in [3.63, 3.8) is 0 Å². The van der Waals surface area contributed by atoms with Crippen LogP contribution in [0.2, 0.25) is 0 Å². The van der Waals surface area contributed by atoms with Crippen molar-refractivity contribution in [1.82, 2.24) is 10.6 Å². The highest BCUT2D eigenvalue weighted by molar-refractivity contribution is 5.73. The highest BCUT2D eigenvalue weighted by Crippen LogP contribution is 2.28. The topological polar surface area (TPSA) is 68.8 Å². The van der Waals surface area contributed by atoms with Crippen LogP contribution in [-0.2, 0) is 6.42 Å². The van der Waals surface area contributed by atoms with Gasteiger partial charge in [0.25, 0.3) is 0 Å². The highest BCUT2D eigenvalue weighted by atomic mass is 16.5. The predicted octanol–water partition coefficient (Wildman–Crippen LogP) is 3.36. The molecule has 2 N–H and O–H groups in total. The molecule has 6 heteroatoms. The van der Waals surface area contributed by atoms with Gasteiger partial charge in [-0.3, -0.25) is 0 Å². The van der Waals surface area contributed by atoms with Gasteiger partial charge in [-0.25, -0.2) is 4.79 Å². The van der Waals surface area contributed by atoms with Crippen LogP contribution in [0.15, 0.2) is 48.5 Å². The third-order valence-electron chi connectivity index (χ3n) is 3.52. The van der Waals surface area contributed by atoms with Gasteiger partial charge in [0.2, 0.25) is 0 Å². The minimum atomic E-state index is -0.267. The van der Waals surface area contributed by atoms with Crippen LogP contribution < -0.4 is 24.8 Å². The molecule has 0 fully saturated rings. The number of para-hydroxylation sites is 1. The van der Waals surface area contributed by atoms with Crippen LogP contribution in [0, 0.1) is 0 Å². The number of rotatable bonds is 10. The standard InChI is InChI=1S/C20H26N2O4/c1-3-24-18-11-10-16(14-19(18)25-4-2)12-13-21-20(23)22-15-26-17-8-6-5-7-9-17/h5-11,14H,3-4,12-13,15H2,1-2H3,(H2,21,22,23). The Hall–Kier alpha value is -2.89. The highest BCUT2D eigenvalue weighted by Gasteiger charge is 2.07. The summed E-state index contributed by atoms with van der Waals surface area (Å²) in [6.07, 6.45) is 0.694. The Kier molecular flexibility index (Phi) is 8.12. The van der Waals surface area contributed by atoms with Crippen molar-refractivity contribution in [3.8, 4) is 17.2 Å². The smallest absolute Gasteiger partial charge is 0.317 e. The molecule has 0 saturated carbocycles. The number of carbonyl (C=O) groups excluding carboxylic acids is 1. The number of urea groups is 1. The van der Waals surface area contributed by atoms with Gasteiger partial charge in [-0.1, -0.05) is 24.3 Å². The summed E-state index contributed by atoms with van der Waals surface area (Å²) in [6.45, 7) is 5.67. The summed E-state index contributed by atoms with van der Waals surface area (Å²) in [6, 6.07) is 14.9. The Morgan fingerprint density at radius 3 is 2.35 bits per heavy atom. The van der Waals surface area contributed by atoms with Crippen molar-refractivity contribution >= 4 is 6.03 Å². The maximum atomic E-state index is 11.8. The van der Waals surface area contributed by atoms with Crippen molar-refractivity contribution in [2.24, 2.45) is 0 Å². The SMILES string of the molecule is CCOc1ccc(CCNC(=O)NCOc2ccccc2)cc1OCC. The van der Waals surface area contributed by atoms with Gasteiger partial charge in [-0.15, -0.1) is 0 Å². The zero-order valence-electron chi connectivity index (χ0n) is 15.3. The van der Waals surface area contributed by atoms with E-state index in [0.717, 1.165) is 17.1 Å². The van der Waals surface area contributed by atoms with Crippen LogP contribution in [0.4, 0.5) is 4.79 Å². The monoisotopic (exact) mass is 358 g/mol. The van der Waals surface area contributed by atoms with Gasteiger partial charge >= 0.3 is 6.03 Å². The Labute approximate surface area is 154 Å². The number of hydrogen-bond donors (Lipinski definition) is 2. The molecule has 26 heavy (non-hydrogen) atoms. The lowest BCUT2D eigenvalue weighted by molar-refractivity contribution is 0.224. The van der Waals surface area contributed by atoms with E-state index in [1.54, 1.807) is 0 Å². The van der Waals surface area contributed by atoms with E-state index in [4.69, 9.17) is 14.2 Å². The maximum Gasteiger partial charge on any atom is 0.317 e. The number of hydrogen-bond acceptors (Lipinski definition) is 4. The lowest BCUT2D eigenvalue weighted by Gasteiger charge is -2.13. The maximum absolute atomic E-state index is 11.8. The summed E-state index contributed by atoms with van der Waals surface area (Å²) in [7, 11) is 0. The van der Waals surface area contributed by atoms with Gasteiger partial charge in [-0.2, -0.15) is 0 Å². The largest absolute Gasteiger partial charge is 0.490 e. The number of ether oxygens (including phenoxy) is 3. The first kappa shape index (κ1) is 19.4. The molecule has 2 rings (SSSR count). The first-order valence-corrected chi connectivity index (χ1v) is 8.81. The van der Waals surface area contributed by atoms with Crippen molar-refractivity contribution in [1.29, 1.82) is 0 Å². The van der Waals surface area contributed by atoms with E-state index in [0.29, 0.717) is 31.9 Å². The van der Waals surface area contributed by atoms with E-state index in [-0.39, 0.29) is 12.8 Å². The van der Waals surface area contributed by atoms with Crippen LogP contribution >= 0.6 is 0 Å². The van der Waals surface area contributed by atoms with E-state index >= 15 is 0 Å². The Morgan fingerprint density at radius 1 is 0.885 bits per heavy atom. The van der Waals surface area contributed by atoms with Gasteiger partial charge in [0, 0.05) is 6.54 Å². The number of carbonyl (C=O) groups is 1. The molecule has 6 nitrogen and oxygen atoms in total. The predicted molar refractivity (Wildman–Crippen MR) is 101 cm³/mol. The van der Waals surface area contributed by atoms with Crippen molar-refractivity contribution < 1.29 is 19.0 Å². The van der Waals surface area contributed by atoms with Crippen LogP contribution in [0.1, 0.15) is 19.4 Å². The number of nitrogens with one attached hydrogen (secondary N) is 2. The second-order valence-corrected chi connectivity index (χ2v) is 5.43. The van der Waals surface area contributed by atoms with Gasteiger partial charge < -0.3 is 24.8 Å². The summed E-state index contributed by atoms with van der Waals surface area (Å²) in [5.41, 5.74) is 1.07. The molecule has 0 aliphatic rings. The molecule has 0 aromatic heterocycles. The fourth-order valence-corrected chi connectivity index (χ4v) is 2.34. The molecule has 2 amide bonds. The van der Waals surface area contributed by atoms with Crippen LogP contribution in [-0.4, -0.2) is 32.5 Å². The summed E-state index contributed by atoms with van der Waals surface area (Å²) in [5, 5.41) is 5.46. The lowest BCUT2D eigenvalue weighted by atomic mass is 10.1.